The summed E-state index contributed by atoms with van der Waals surface area (Å²) in [6.45, 7) is 3.84. The summed E-state index contributed by atoms with van der Waals surface area (Å²) >= 11 is 0. The molecular formula is C14H20N2O2. The fourth-order valence-electron chi connectivity index (χ4n) is 2.50. The molecule has 0 amide bonds. The van der Waals surface area contributed by atoms with E-state index in [1.807, 2.05) is 30.3 Å². The van der Waals surface area contributed by atoms with Gasteiger partial charge in [-0.2, -0.15) is 0 Å². The minimum absolute atomic E-state index is 0.0473. The number of carboxylic acids is 1. The molecule has 1 fully saturated rings. The number of hydrogen-bond donors (Lipinski definition) is 1. The van der Waals surface area contributed by atoms with E-state index in [1.54, 1.807) is 0 Å². The van der Waals surface area contributed by atoms with Crippen LogP contribution in [0.25, 0.3) is 0 Å². The first-order valence-corrected chi connectivity index (χ1v) is 6.31. The van der Waals surface area contributed by atoms with Gasteiger partial charge >= 0.3 is 5.97 Å². The maximum Gasteiger partial charge on any atom is 0.305 e. The zero-order chi connectivity index (χ0) is 13.1. The van der Waals surface area contributed by atoms with Crippen molar-refractivity contribution in [2.75, 3.05) is 25.0 Å². The largest absolute Gasteiger partial charge is 0.481 e. The molecule has 1 N–H and O–H groups in total. The van der Waals surface area contributed by atoms with Crippen molar-refractivity contribution in [3.63, 3.8) is 0 Å². The number of nitrogens with zero attached hydrogens (tertiary/aromatic N) is 2. The number of aliphatic carboxylic acids is 1. The molecule has 0 saturated carbocycles. The lowest BCUT2D eigenvalue weighted by Crippen LogP contribution is -2.56. The first kappa shape index (κ1) is 12.9. The van der Waals surface area contributed by atoms with Gasteiger partial charge in [0.25, 0.3) is 0 Å². The Hall–Kier alpha value is -1.55. The molecule has 2 atom stereocenters. The SMILES string of the molecule is CC1CN(c2ccccc2)C(CC(=O)O)CN1C. The number of benzene rings is 1. The number of rotatable bonds is 3. The first-order valence-electron chi connectivity index (χ1n) is 6.31. The van der Waals surface area contributed by atoms with E-state index in [-0.39, 0.29) is 12.5 Å². The normalized spacial score (nSPS) is 25.1. The topological polar surface area (TPSA) is 43.8 Å². The second kappa shape index (κ2) is 5.40. The van der Waals surface area contributed by atoms with E-state index in [1.165, 1.54) is 0 Å². The van der Waals surface area contributed by atoms with Gasteiger partial charge in [0.05, 0.1) is 12.5 Å². The predicted octanol–water partition coefficient (Wildman–Crippen LogP) is 1.67. The molecule has 18 heavy (non-hydrogen) atoms. The fraction of sp³-hybridized carbons (Fsp3) is 0.500. The summed E-state index contributed by atoms with van der Waals surface area (Å²) in [5.74, 6) is -0.733. The van der Waals surface area contributed by atoms with Crippen LogP contribution in [0.4, 0.5) is 5.69 Å². The quantitative estimate of drug-likeness (QED) is 0.883. The van der Waals surface area contributed by atoms with Gasteiger partial charge in [0.1, 0.15) is 0 Å². The molecule has 1 aliphatic heterocycles. The van der Waals surface area contributed by atoms with Crippen molar-refractivity contribution in [3.05, 3.63) is 30.3 Å². The highest BCUT2D eigenvalue weighted by atomic mass is 16.4. The minimum Gasteiger partial charge on any atom is -0.481 e. The van der Waals surface area contributed by atoms with Gasteiger partial charge in [-0.25, -0.2) is 0 Å². The monoisotopic (exact) mass is 248 g/mol. The number of likely N-dealkylation sites (N-methyl/N-ethyl adjacent to an activating group) is 1. The molecule has 2 rings (SSSR count). The lowest BCUT2D eigenvalue weighted by molar-refractivity contribution is -0.137. The molecule has 0 aromatic heterocycles. The lowest BCUT2D eigenvalue weighted by atomic mass is 10.0. The van der Waals surface area contributed by atoms with Gasteiger partial charge in [-0.3, -0.25) is 9.69 Å². The molecule has 98 valence electrons. The van der Waals surface area contributed by atoms with Crippen molar-refractivity contribution in [2.45, 2.75) is 25.4 Å². The second-order valence-corrected chi connectivity index (χ2v) is 5.03. The number of anilines is 1. The van der Waals surface area contributed by atoms with Crippen LogP contribution >= 0.6 is 0 Å². The van der Waals surface area contributed by atoms with E-state index in [2.05, 4.69) is 23.8 Å². The highest BCUT2D eigenvalue weighted by Gasteiger charge is 2.30. The zero-order valence-corrected chi connectivity index (χ0v) is 10.9. The van der Waals surface area contributed by atoms with E-state index in [9.17, 15) is 4.79 Å². The lowest BCUT2D eigenvalue weighted by Gasteiger charge is -2.44. The van der Waals surface area contributed by atoms with Gasteiger partial charge in [-0.15, -0.1) is 0 Å². The summed E-state index contributed by atoms with van der Waals surface area (Å²) in [6.07, 6.45) is 0.186. The molecule has 0 spiro atoms. The molecule has 1 aromatic carbocycles. The van der Waals surface area contributed by atoms with Crippen LogP contribution in [0.2, 0.25) is 0 Å². The average molecular weight is 248 g/mol. The number of carbonyl (C=O) groups is 1. The van der Waals surface area contributed by atoms with Crippen LogP contribution in [0.15, 0.2) is 30.3 Å². The number of carboxylic acid groups (broad SMARTS) is 1. The molecule has 0 bridgehead atoms. The van der Waals surface area contributed by atoms with E-state index >= 15 is 0 Å². The highest BCUT2D eigenvalue weighted by molar-refractivity contribution is 5.68. The van der Waals surface area contributed by atoms with Crippen molar-refractivity contribution in [1.82, 2.24) is 4.90 Å². The van der Waals surface area contributed by atoms with E-state index in [0.29, 0.717) is 6.04 Å². The number of piperazine rings is 1. The molecule has 0 aliphatic carbocycles. The number of para-hydroxylation sites is 1. The van der Waals surface area contributed by atoms with Crippen molar-refractivity contribution < 1.29 is 9.90 Å². The highest BCUT2D eigenvalue weighted by Crippen LogP contribution is 2.23. The Morgan fingerprint density at radius 2 is 2.00 bits per heavy atom. The van der Waals surface area contributed by atoms with Crippen molar-refractivity contribution in [2.24, 2.45) is 0 Å². The van der Waals surface area contributed by atoms with E-state index in [0.717, 1.165) is 18.8 Å². The van der Waals surface area contributed by atoms with Crippen LogP contribution in [0, 0.1) is 0 Å². The van der Waals surface area contributed by atoms with Crippen molar-refractivity contribution in [3.8, 4) is 0 Å². The smallest absolute Gasteiger partial charge is 0.305 e. The Morgan fingerprint density at radius 1 is 1.33 bits per heavy atom. The first-order chi connectivity index (χ1) is 8.58. The van der Waals surface area contributed by atoms with Gasteiger partial charge in [0.2, 0.25) is 0 Å². The molecule has 4 nitrogen and oxygen atoms in total. The molecule has 2 unspecified atom stereocenters. The van der Waals surface area contributed by atoms with Crippen LogP contribution in [-0.2, 0) is 4.79 Å². The molecular weight excluding hydrogens is 228 g/mol. The Morgan fingerprint density at radius 3 is 2.61 bits per heavy atom. The Bertz CT molecular complexity index is 408. The summed E-state index contributed by atoms with van der Waals surface area (Å²) in [4.78, 5) is 15.4. The van der Waals surface area contributed by atoms with Gasteiger partial charge in [0.15, 0.2) is 0 Å². The zero-order valence-electron chi connectivity index (χ0n) is 10.9. The Kier molecular flexibility index (Phi) is 3.87. The Labute approximate surface area is 108 Å². The van der Waals surface area contributed by atoms with Crippen LogP contribution < -0.4 is 4.90 Å². The van der Waals surface area contributed by atoms with E-state index in [4.69, 9.17) is 5.11 Å². The number of hydrogen-bond acceptors (Lipinski definition) is 3. The third-order valence-electron chi connectivity index (χ3n) is 3.65. The minimum atomic E-state index is -0.733. The van der Waals surface area contributed by atoms with Crippen LogP contribution in [-0.4, -0.2) is 48.2 Å². The third kappa shape index (κ3) is 2.82. The van der Waals surface area contributed by atoms with Crippen molar-refractivity contribution >= 4 is 11.7 Å². The van der Waals surface area contributed by atoms with Crippen LogP contribution in [0.3, 0.4) is 0 Å². The molecule has 1 aromatic rings. The van der Waals surface area contributed by atoms with Gasteiger partial charge in [0, 0.05) is 24.8 Å². The molecule has 1 heterocycles. The third-order valence-corrected chi connectivity index (χ3v) is 3.65. The second-order valence-electron chi connectivity index (χ2n) is 5.03. The average Bonchev–Trinajstić information content (AvgIpc) is 2.34. The summed E-state index contributed by atoms with van der Waals surface area (Å²) in [5, 5.41) is 9.04. The fourth-order valence-corrected chi connectivity index (χ4v) is 2.50. The van der Waals surface area contributed by atoms with Crippen molar-refractivity contribution in [1.29, 1.82) is 0 Å². The van der Waals surface area contributed by atoms with Gasteiger partial charge in [-0.05, 0) is 26.1 Å². The predicted molar refractivity (Wildman–Crippen MR) is 71.9 cm³/mol. The molecule has 1 aliphatic rings. The molecule has 1 saturated heterocycles. The van der Waals surface area contributed by atoms with Gasteiger partial charge in [-0.1, -0.05) is 18.2 Å². The standard InChI is InChI=1S/C14H20N2O2/c1-11-9-16(12-6-4-3-5-7-12)13(8-14(17)18)10-15(11)2/h3-7,11,13H,8-10H2,1-2H3,(H,17,18). The summed E-state index contributed by atoms with van der Waals surface area (Å²) in [6, 6.07) is 10.6. The summed E-state index contributed by atoms with van der Waals surface area (Å²) in [7, 11) is 2.06. The van der Waals surface area contributed by atoms with E-state index < -0.39 is 5.97 Å². The maximum atomic E-state index is 11.0. The van der Waals surface area contributed by atoms with Gasteiger partial charge < -0.3 is 10.0 Å². The van der Waals surface area contributed by atoms with Crippen LogP contribution in [0.5, 0.6) is 0 Å². The summed E-state index contributed by atoms with van der Waals surface area (Å²) in [5.41, 5.74) is 1.11. The Balaban J connectivity index is 2.20. The molecule has 0 radical (unpaired) electrons. The summed E-state index contributed by atoms with van der Waals surface area (Å²) < 4.78 is 0. The van der Waals surface area contributed by atoms with Crippen LogP contribution in [0.1, 0.15) is 13.3 Å². The maximum absolute atomic E-state index is 11.0. The molecule has 4 heteroatoms.